The van der Waals surface area contributed by atoms with E-state index in [1.165, 1.54) is 0 Å². The Morgan fingerprint density at radius 3 is 2.56 bits per heavy atom. The van der Waals surface area contributed by atoms with Crippen molar-refractivity contribution in [2.45, 2.75) is 6.18 Å². The second kappa shape index (κ2) is 5.63. The van der Waals surface area contributed by atoms with Crippen LogP contribution < -0.4 is 4.90 Å². The summed E-state index contributed by atoms with van der Waals surface area (Å²) < 4.78 is 36.9. The van der Waals surface area contributed by atoms with Gasteiger partial charge in [0.1, 0.15) is 12.4 Å². The van der Waals surface area contributed by atoms with Gasteiger partial charge in [0.25, 0.3) is 0 Å². The zero-order valence-electron chi connectivity index (χ0n) is 9.05. The zero-order valence-corrected chi connectivity index (χ0v) is 9.05. The van der Waals surface area contributed by atoms with E-state index >= 15 is 0 Å². The lowest BCUT2D eigenvalue weighted by Gasteiger charge is -2.23. The smallest absolute Gasteiger partial charge is 0.405 e. The number of aromatic nitrogens is 2. The molecule has 0 aliphatic carbocycles. The lowest BCUT2D eigenvalue weighted by Crippen LogP contribution is -2.37. The average molecular weight is 265 g/mol. The highest BCUT2D eigenvalue weighted by Gasteiger charge is 2.31. The third kappa shape index (κ3) is 4.17. The van der Waals surface area contributed by atoms with Crippen molar-refractivity contribution in [3.8, 4) is 0 Å². The second-order valence-corrected chi connectivity index (χ2v) is 3.33. The maximum atomic E-state index is 12.3. The number of hydrogen-bond donors (Lipinski definition) is 2. The van der Waals surface area contributed by atoms with Crippen molar-refractivity contribution < 1.29 is 28.2 Å². The first-order chi connectivity index (χ1) is 8.33. The number of rotatable bonds is 5. The van der Waals surface area contributed by atoms with E-state index in [4.69, 9.17) is 10.2 Å². The molecular weight excluding hydrogens is 255 g/mol. The number of carboxylic acid groups (broad SMARTS) is 1. The number of aliphatic hydroxyl groups excluding tert-OH is 1. The van der Waals surface area contributed by atoms with Gasteiger partial charge in [-0.1, -0.05) is 0 Å². The van der Waals surface area contributed by atoms with Crippen LogP contribution in [0.4, 0.5) is 19.0 Å². The SMILES string of the molecule is O=C(O)c1cncc(N(CCO)CC(F)(F)F)n1. The van der Waals surface area contributed by atoms with E-state index in [0.717, 1.165) is 12.4 Å². The summed E-state index contributed by atoms with van der Waals surface area (Å²) in [5, 5.41) is 17.4. The molecule has 0 aromatic carbocycles. The van der Waals surface area contributed by atoms with Gasteiger partial charge in [-0.15, -0.1) is 0 Å². The van der Waals surface area contributed by atoms with Gasteiger partial charge in [0.05, 0.1) is 19.0 Å². The van der Waals surface area contributed by atoms with Crippen molar-refractivity contribution in [1.29, 1.82) is 0 Å². The molecule has 100 valence electrons. The summed E-state index contributed by atoms with van der Waals surface area (Å²) in [7, 11) is 0. The Labute approximate surface area is 99.7 Å². The van der Waals surface area contributed by atoms with Crippen molar-refractivity contribution in [3.05, 3.63) is 18.1 Å². The summed E-state index contributed by atoms with van der Waals surface area (Å²) in [6.07, 6.45) is -2.56. The Hall–Kier alpha value is -1.90. The van der Waals surface area contributed by atoms with Crippen LogP contribution in [0.25, 0.3) is 0 Å². The molecule has 1 aromatic heterocycles. The number of nitrogens with zero attached hydrogens (tertiary/aromatic N) is 3. The standard InChI is InChI=1S/C9H10F3N3O3/c10-9(11,12)5-15(1-2-16)7-4-13-3-6(14-7)8(17)18/h3-4,16H,1-2,5H2,(H,17,18). The van der Waals surface area contributed by atoms with Crippen LogP contribution in [0.15, 0.2) is 12.4 Å². The first-order valence-corrected chi connectivity index (χ1v) is 4.81. The van der Waals surface area contributed by atoms with Gasteiger partial charge in [-0.25, -0.2) is 9.78 Å². The molecule has 6 nitrogen and oxygen atoms in total. The summed E-state index contributed by atoms with van der Waals surface area (Å²) in [6.45, 7) is -2.18. The van der Waals surface area contributed by atoms with Crippen molar-refractivity contribution in [2.24, 2.45) is 0 Å². The molecule has 9 heteroatoms. The first kappa shape index (κ1) is 14.2. The van der Waals surface area contributed by atoms with E-state index in [1.54, 1.807) is 0 Å². The number of anilines is 1. The fourth-order valence-corrected chi connectivity index (χ4v) is 1.22. The Balaban J connectivity index is 2.98. The van der Waals surface area contributed by atoms with Crippen LogP contribution in [0.5, 0.6) is 0 Å². The minimum Gasteiger partial charge on any atom is -0.476 e. The lowest BCUT2D eigenvalue weighted by atomic mass is 10.4. The molecule has 0 unspecified atom stereocenters. The summed E-state index contributed by atoms with van der Waals surface area (Å²) >= 11 is 0. The number of aromatic carboxylic acids is 1. The van der Waals surface area contributed by atoms with Gasteiger partial charge < -0.3 is 15.1 Å². The van der Waals surface area contributed by atoms with Crippen molar-refractivity contribution in [2.75, 3.05) is 24.6 Å². The third-order valence-corrected chi connectivity index (χ3v) is 1.91. The van der Waals surface area contributed by atoms with E-state index in [9.17, 15) is 18.0 Å². The molecule has 1 aromatic rings. The van der Waals surface area contributed by atoms with Crippen LogP contribution >= 0.6 is 0 Å². The third-order valence-electron chi connectivity index (χ3n) is 1.91. The number of carbonyl (C=O) groups is 1. The van der Waals surface area contributed by atoms with Crippen molar-refractivity contribution >= 4 is 11.8 Å². The highest BCUT2D eigenvalue weighted by Crippen LogP contribution is 2.20. The van der Waals surface area contributed by atoms with E-state index in [-0.39, 0.29) is 12.4 Å². The molecule has 0 saturated carbocycles. The predicted molar refractivity (Wildman–Crippen MR) is 54.3 cm³/mol. The van der Waals surface area contributed by atoms with Gasteiger partial charge >= 0.3 is 12.1 Å². The van der Waals surface area contributed by atoms with Crippen LogP contribution in [-0.4, -0.2) is 52.0 Å². The fourth-order valence-electron chi connectivity index (χ4n) is 1.22. The van der Waals surface area contributed by atoms with Gasteiger partial charge in [0, 0.05) is 6.54 Å². The second-order valence-electron chi connectivity index (χ2n) is 3.33. The van der Waals surface area contributed by atoms with Crippen LogP contribution in [0, 0.1) is 0 Å². The summed E-state index contributed by atoms with van der Waals surface area (Å²) in [4.78, 5) is 18.4. The molecule has 0 atom stereocenters. The molecule has 0 radical (unpaired) electrons. The molecule has 0 aliphatic heterocycles. The number of hydrogen-bond acceptors (Lipinski definition) is 5. The molecule has 2 N–H and O–H groups in total. The van der Waals surface area contributed by atoms with E-state index in [1.807, 2.05) is 0 Å². The molecular formula is C9H10F3N3O3. The summed E-state index contributed by atoms with van der Waals surface area (Å²) in [5.41, 5.74) is -0.461. The number of halogens is 3. The molecule has 1 rings (SSSR count). The molecule has 0 spiro atoms. The highest BCUT2D eigenvalue weighted by atomic mass is 19.4. The maximum Gasteiger partial charge on any atom is 0.405 e. The van der Waals surface area contributed by atoms with Gasteiger partial charge in [-0.2, -0.15) is 13.2 Å². The number of alkyl halides is 3. The fraction of sp³-hybridized carbons (Fsp3) is 0.444. The number of carboxylic acids is 1. The normalized spacial score (nSPS) is 11.3. The van der Waals surface area contributed by atoms with Gasteiger partial charge in [-0.3, -0.25) is 4.98 Å². The van der Waals surface area contributed by atoms with Gasteiger partial charge in [0.15, 0.2) is 5.69 Å². The number of aliphatic hydroxyl groups is 1. The lowest BCUT2D eigenvalue weighted by molar-refractivity contribution is -0.120. The Morgan fingerprint density at radius 2 is 2.06 bits per heavy atom. The predicted octanol–water partition coefficient (Wildman–Crippen LogP) is 0.536. The van der Waals surface area contributed by atoms with E-state index in [2.05, 4.69) is 9.97 Å². The van der Waals surface area contributed by atoms with Gasteiger partial charge in [0.2, 0.25) is 0 Å². The van der Waals surface area contributed by atoms with E-state index < -0.39 is 31.0 Å². The summed E-state index contributed by atoms with van der Waals surface area (Å²) in [6, 6.07) is 0. The molecule has 0 bridgehead atoms. The Morgan fingerprint density at radius 1 is 1.39 bits per heavy atom. The summed E-state index contributed by atoms with van der Waals surface area (Å²) in [5.74, 6) is -1.64. The Kier molecular flexibility index (Phi) is 4.43. The van der Waals surface area contributed by atoms with E-state index in [0.29, 0.717) is 4.90 Å². The maximum absolute atomic E-state index is 12.3. The topological polar surface area (TPSA) is 86.5 Å². The zero-order chi connectivity index (χ0) is 13.8. The van der Waals surface area contributed by atoms with Gasteiger partial charge in [-0.05, 0) is 0 Å². The molecule has 0 fully saturated rings. The van der Waals surface area contributed by atoms with Crippen LogP contribution in [-0.2, 0) is 0 Å². The minimum absolute atomic E-state index is 0.249. The molecule has 18 heavy (non-hydrogen) atoms. The highest BCUT2D eigenvalue weighted by molar-refractivity contribution is 5.85. The van der Waals surface area contributed by atoms with Crippen molar-refractivity contribution in [1.82, 2.24) is 9.97 Å². The van der Waals surface area contributed by atoms with Crippen LogP contribution in [0.3, 0.4) is 0 Å². The largest absolute Gasteiger partial charge is 0.476 e. The molecule has 0 amide bonds. The first-order valence-electron chi connectivity index (χ1n) is 4.81. The quantitative estimate of drug-likeness (QED) is 0.807. The monoisotopic (exact) mass is 265 g/mol. The molecule has 0 saturated heterocycles. The molecule has 1 heterocycles. The van der Waals surface area contributed by atoms with Crippen LogP contribution in [0.2, 0.25) is 0 Å². The average Bonchev–Trinajstić information content (AvgIpc) is 2.27. The Bertz CT molecular complexity index is 425. The van der Waals surface area contributed by atoms with Crippen molar-refractivity contribution in [3.63, 3.8) is 0 Å². The minimum atomic E-state index is -4.49. The van der Waals surface area contributed by atoms with Crippen LogP contribution in [0.1, 0.15) is 10.5 Å². The molecule has 0 aliphatic rings.